The Morgan fingerprint density at radius 2 is 2.15 bits per heavy atom. The van der Waals surface area contributed by atoms with Crippen LogP contribution in [0, 0.1) is 5.92 Å². The van der Waals surface area contributed by atoms with Crippen LogP contribution in [0.5, 0.6) is 17.2 Å². The Bertz CT molecular complexity index is 468. The van der Waals surface area contributed by atoms with Gasteiger partial charge in [-0.15, -0.1) is 0 Å². The summed E-state index contributed by atoms with van der Waals surface area (Å²) in [5.41, 5.74) is 0.886. The molecule has 0 bridgehead atoms. The summed E-state index contributed by atoms with van der Waals surface area (Å²) in [6, 6.07) is 3.58. The Morgan fingerprint density at radius 3 is 2.80 bits per heavy atom. The molecule has 0 fully saturated rings. The van der Waals surface area contributed by atoms with Crippen LogP contribution in [0.25, 0.3) is 0 Å². The number of methoxy groups -OCH3 is 1. The molecule has 0 saturated carbocycles. The van der Waals surface area contributed by atoms with Gasteiger partial charge in [0.25, 0.3) is 0 Å². The molecule has 1 aromatic rings. The van der Waals surface area contributed by atoms with Gasteiger partial charge in [0, 0.05) is 11.6 Å². The van der Waals surface area contributed by atoms with Crippen molar-refractivity contribution in [1.82, 2.24) is 0 Å². The number of phenols is 1. The van der Waals surface area contributed by atoms with Crippen molar-refractivity contribution in [2.24, 2.45) is 5.92 Å². The molecule has 1 aromatic carbocycles. The van der Waals surface area contributed by atoms with Crippen LogP contribution in [0.2, 0.25) is 0 Å². The molecule has 1 aliphatic rings. The predicted molar refractivity (Wildman–Crippen MR) is 80.7 cm³/mol. The molecule has 3 nitrogen and oxygen atoms in total. The zero-order chi connectivity index (χ0) is 14.8. The number of hydrogen-bond acceptors (Lipinski definition) is 3. The molecule has 0 amide bonds. The Hall–Kier alpha value is -1.38. The van der Waals surface area contributed by atoms with Crippen LogP contribution in [-0.4, -0.2) is 17.8 Å². The Balaban J connectivity index is 2.10. The van der Waals surface area contributed by atoms with E-state index in [9.17, 15) is 5.11 Å². The highest BCUT2D eigenvalue weighted by Gasteiger charge is 2.33. The highest BCUT2D eigenvalue weighted by Crippen LogP contribution is 2.43. The minimum absolute atomic E-state index is 0.159. The van der Waals surface area contributed by atoms with Gasteiger partial charge in [0.05, 0.1) is 7.11 Å². The number of benzene rings is 1. The van der Waals surface area contributed by atoms with Crippen LogP contribution in [0.3, 0.4) is 0 Å². The van der Waals surface area contributed by atoms with E-state index in [1.807, 2.05) is 6.07 Å². The highest BCUT2D eigenvalue weighted by atomic mass is 16.5. The molecule has 1 N–H and O–H groups in total. The van der Waals surface area contributed by atoms with Gasteiger partial charge in [-0.25, -0.2) is 0 Å². The lowest BCUT2D eigenvalue weighted by molar-refractivity contribution is 0.0494. The molecular formula is C17H26O3. The Labute approximate surface area is 121 Å². The van der Waals surface area contributed by atoms with E-state index in [1.54, 1.807) is 13.2 Å². The van der Waals surface area contributed by atoms with Crippen molar-refractivity contribution in [3.63, 3.8) is 0 Å². The van der Waals surface area contributed by atoms with Gasteiger partial charge in [-0.05, 0) is 44.6 Å². The van der Waals surface area contributed by atoms with Crippen molar-refractivity contribution in [2.45, 2.75) is 58.5 Å². The number of fused-ring (bicyclic) bond motifs is 1. The first-order valence-electron chi connectivity index (χ1n) is 7.52. The number of phenolic OH excluding ortho intramolecular Hbond substituents is 1. The molecule has 2 rings (SSSR count). The molecule has 0 radical (unpaired) electrons. The molecule has 0 aliphatic carbocycles. The summed E-state index contributed by atoms with van der Waals surface area (Å²) in [5.74, 6) is 2.25. The van der Waals surface area contributed by atoms with Gasteiger partial charge in [-0.1, -0.05) is 20.3 Å². The smallest absolute Gasteiger partial charge is 0.165 e. The maximum Gasteiger partial charge on any atom is 0.165 e. The average molecular weight is 278 g/mol. The van der Waals surface area contributed by atoms with Gasteiger partial charge in [-0.2, -0.15) is 0 Å². The lowest BCUT2D eigenvalue weighted by Crippen LogP contribution is -2.36. The van der Waals surface area contributed by atoms with E-state index in [4.69, 9.17) is 9.47 Å². The molecule has 0 spiro atoms. The molecule has 20 heavy (non-hydrogen) atoms. The summed E-state index contributed by atoms with van der Waals surface area (Å²) in [5, 5.41) is 10.1. The maximum atomic E-state index is 10.1. The van der Waals surface area contributed by atoms with Gasteiger partial charge < -0.3 is 14.6 Å². The molecule has 1 aliphatic heterocycles. The Kier molecular flexibility index (Phi) is 4.46. The zero-order valence-electron chi connectivity index (χ0n) is 13.0. The van der Waals surface area contributed by atoms with E-state index in [1.165, 1.54) is 12.8 Å². The fraction of sp³-hybridized carbons (Fsp3) is 0.647. The molecule has 1 unspecified atom stereocenters. The second kappa shape index (κ2) is 5.94. The topological polar surface area (TPSA) is 38.7 Å². The van der Waals surface area contributed by atoms with Crippen molar-refractivity contribution in [3.8, 4) is 17.2 Å². The summed E-state index contributed by atoms with van der Waals surface area (Å²) in [4.78, 5) is 0. The molecular weight excluding hydrogens is 252 g/mol. The fourth-order valence-corrected chi connectivity index (χ4v) is 2.82. The monoisotopic (exact) mass is 278 g/mol. The van der Waals surface area contributed by atoms with E-state index >= 15 is 0 Å². The highest BCUT2D eigenvalue weighted by molar-refractivity contribution is 5.52. The van der Waals surface area contributed by atoms with Crippen LogP contribution in [0.1, 0.15) is 52.0 Å². The number of aromatic hydroxyl groups is 1. The second-order valence-electron chi connectivity index (χ2n) is 6.47. The number of ether oxygens (including phenoxy) is 2. The second-order valence-corrected chi connectivity index (χ2v) is 6.47. The largest absolute Gasteiger partial charge is 0.504 e. The predicted octanol–water partition coefficient (Wildman–Crippen LogP) is 4.31. The van der Waals surface area contributed by atoms with Crippen LogP contribution >= 0.6 is 0 Å². The average Bonchev–Trinajstić information content (AvgIpc) is 2.39. The first-order valence-corrected chi connectivity index (χ1v) is 7.52. The van der Waals surface area contributed by atoms with Gasteiger partial charge in [0.15, 0.2) is 11.5 Å². The molecule has 3 heteroatoms. The van der Waals surface area contributed by atoms with Crippen LogP contribution in [0.4, 0.5) is 0 Å². The van der Waals surface area contributed by atoms with Crippen molar-refractivity contribution >= 4 is 0 Å². The summed E-state index contributed by atoms with van der Waals surface area (Å²) in [7, 11) is 1.61. The SMILES string of the molecule is COc1cc(O)c2c(c1)CCC(C)(CCCC(C)C)O2. The molecule has 112 valence electrons. The van der Waals surface area contributed by atoms with Crippen LogP contribution in [-0.2, 0) is 6.42 Å². The molecule has 0 aromatic heterocycles. The van der Waals surface area contributed by atoms with E-state index in [0.717, 1.165) is 30.7 Å². The van der Waals surface area contributed by atoms with Gasteiger partial charge in [-0.3, -0.25) is 0 Å². The van der Waals surface area contributed by atoms with Gasteiger partial charge in [0.2, 0.25) is 0 Å². The third-order valence-corrected chi connectivity index (χ3v) is 4.11. The summed E-state index contributed by atoms with van der Waals surface area (Å²) >= 11 is 0. The van der Waals surface area contributed by atoms with Crippen LogP contribution in [0.15, 0.2) is 12.1 Å². The summed E-state index contributed by atoms with van der Waals surface area (Å²) < 4.78 is 11.3. The number of aryl methyl sites for hydroxylation is 1. The lowest BCUT2D eigenvalue weighted by atomic mass is 9.87. The maximum absolute atomic E-state index is 10.1. The van der Waals surface area contributed by atoms with E-state index in [2.05, 4.69) is 20.8 Å². The van der Waals surface area contributed by atoms with Gasteiger partial charge in [0.1, 0.15) is 11.4 Å². The van der Waals surface area contributed by atoms with E-state index in [-0.39, 0.29) is 11.4 Å². The summed E-state index contributed by atoms with van der Waals surface area (Å²) in [6.45, 7) is 6.65. The first-order chi connectivity index (χ1) is 9.43. The van der Waals surface area contributed by atoms with Crippen molar-refractivity contribution in [3.05, 3.63) is 17.7 Å². The minimum Gasteiger partial charge on any atom is -0.504 e. The fourth-order valence-electron chi connectivity index (χ4n) is 2.82. The van der Waals surface area contributed by atoms with Crippen molar-refractivity contribution in [1.29, 1.82) is 0 Å². The normalized spacial score (nSPS) is 21.4. The molecule has 0 saturated heterocycles. The number of hydrogen-bond donors (Lipinski definition) is 1. The quantitative estimate of drug-likeness (QED) is 0.872. The summed E-state index contributed by atoms with van der Waals surface area (Å²) in [6.07, 6.45) is 5.35. The Morgan fingerprint density at radius 1 is 1.40 bits per heavy atom. The first kappa shape index (κ1) is 15.0. The third-order valence-electron chi connectivity index (χ3n) is 4.11. The van der Waals surface area contributed by atoms with E-state index in [0.29, 0.717) is 11.5 Å². The molecule has 1 atom stereocenters. The van der Waals surface area contributed by atoms with E-state index < -0.39 is 0 Å². The van der Waals surface area contributed by atoms with Crippen molar-refractivity contribution in [2.75, 3.05) is 7.11 Å². The number of rotatable bonds is 5. The van der Waals surface area contributed by atoms with Crippen molar-refractivity contribution < 1.29 is 14.6 Å². The third kappa shape index (κ3) is 3.38. The van der Waals surface area contributed by atoms with Gasteiger partial charge >= 0.3 is 0 Å². The molecule has 1 heterocycles. The van der Waals surface area contributed by atoms with Crippen LogP contribution < -0.4 is 9.47 Å². The minimum atomic E-state index is -0.159. The lowest BCUT2D eigenvalue weighted by Gasteiger charge is -2.36. The standard InChI is InChI=1S/C17H26O3/c1-12(2)6-5-8-17(3)9-7-13-10-14(19-4)11-15(18)16(13)20-17/h10-12,18H,5-9H2,1-4H3. The zero-order valence-corrected chi connectivity index (χ0v) is 13.0.